The Morgan fingerprint density at radius 3 is 2.76 bits per heavy atom. The van der Waals surface area contributed by atoms with Gasteiger partial charge in [0.15, 0.2) is 0 Å². The Morgan fingerprint density at radius 2 is 2.10 bits per heavy atom. The summed E-state index contributed by atoms with van der Waals surface area (Å²) in [6.45, 7) is 8.47. The van der Waals surface area contributed by atoms with Gasteiger partial charge in [0.05, 0.1) is 19.1 Å². The van der Waals surface area contributed by atoms with Gasteiger partial charge in [-0.15, -0.1) is 0 Å². The third-order valence-corrected chi connectivity index (χ3v) is 3.24. The molecule has 0 bridgehead atoms. The number of rotatable bonds is 5. The molecule has 1 N–H and O–H groups in total. The summed E-state index contributed by atoms with van der Waals surface area (Å²) in [7, 11) is 0. The maximum atomic E-state index is 10.1. The summed E-state index contributed by atoms with van der Waals surface area (Å²) in [5.41, 5.74) is 0.616. The van der Waals surface area contributed by atoms with Crippen molar-refractivity contribution in [3.63, 3.8) is 0 Å². The molecule has 2 aromatic rings. The maximum Gasteiger partial charge on any atom is 0.229 e. The highest BCUT2D eigenvalue weighted by Crippen LogP contribution is 2.24. The molecule has 0 amide bonds. The van der Waals surface area contributed by atoms with E-state index in [-0.39, 0.29) is 5.41 Å². The zero-order valence-electron chi connectivity index (χ0n) is 13.0. The molecule has 5 heteroatoms. The van der Waals surface area contributed by atoms with Crippen LogP contribution in [0.25, 0.3) is 11.4 Å². The van der Waals surface area contributed by atoms with Crippen molar-refractivity contribution in [2.75, 3.05) is 6.61 Å². The molecule has 1 aromatic heterocycles. The Labute approximate surface area is 125 Å². The van der Waals surface area contributed by atoms with Crippen molar-refractivity contribution >= 4 is 0 Å². The Morgan fingerprint density at radius 1 is 1.33 bits per heavy atom. The largest absolute Gasteiger partial charge is 0.494 e. The van der Waals surface area contributed by atoms with Crippen LogP contribution in [0, 0.1) is 5.41 Å². The van der Waals surface area contributed by atoms with Crippen LogP contribution in [0.1, 0.15) is 33.6 Å². The molecule has 0 aliphatic rings. The molecule has 0 aliphatic heterocycles. The van der Waals surface area contributed by atoms with Gasteiger partial charge in [0.2, 0.25) is 11.7 Å². The van der Waals surface area contributed by atoms with Crippen LogP contribution in [0.4, 0.5) is 0 Å². The third kappa shape index (κ3) is 4.04. The van der Waals surface area contributed by atoms with Crippen LogP contribution in [0.3, 0.4) is 0 Å². The maximum absolute atomic E-state index is 10.1. The molecule has 0 aliphatic carbocycles. The van der Waals surface area contributed by atoms with E-state index in [1.165, 1.54) is 0 Å². The Bertz CT molecular complexity index is 587. The lowest BCUT2D eigenvalue weighted by molar-refractivity contribution is 0.0565. The van der Waals surface area contributed by atoms with Gasteiger partial charge in [-0.05, 0) is 24.5 Å². The average molecular weight is 290 g/mol. The van der Waals surface area contributed by atoms with E-state index in [1.807, 2.05) is 52.0 Å². The zero-order valence-corrected chi connectivity index (χ0v) is 13.0. The molecule has 0 radical (unpaired) electrons. The normalized spacial score (nSPS) is 13.2. The molecule has 2 rings (SSSR count). The first kappa shape index (κ1) is 15.5. The van der Waals surface area contributed by atoms with Gasteiger partial charge in [-0.2, -0.15) is 4.98 Å². The number of aliphatic hydroxyl groups excluding tert-OH is 1. The van der Waals surface area contributed by atoms with E-state index in [0.29, 0.717) is 24.7 Å². The molecule has 1 heterocycles. The number of hydrogen-bond acceptors (Lipinski definition) is 5. The van der Waals surface area contributed by atoms with Gasteiger partial charge in [0.1, 0.15) is 5.75 Å². The fraction of sp³-hybridized carbons (Fsp3) is 0.500. The second-order valence-electron chi connectivity index (χ2n) is 6.06. The van der Waals surface area contributed by atoms with Crippen molar-refractivity contribution in [1.29, 1.82) is 0 Å². The fourth-order valence-corrected chi connectivity index (χ4v) is 1.82. The van der Waals surface area contributed by atoms with Gasteiger partial charge in [-0.1, -0.05) is 38.1 Å². The van der Waals surface area contributed by atoms with Crippen LogP contribution in [0.15, 0.2) is 28.8 Å². The quantitative estimate of drug-likeness (QED) is 0.916. The fourth-order valence-electron chi connectivity index (χ4n) is 1.82. The van der Waals surface area contributed by atoms with E-state index < -0.39 is 6.10 Å². The summed E-state index contributed by atoms with van der Waals surface area (Å²) in [5, 5.41) is 14.1. The number of nitrogens with zero attached hydrogens (tertiary/aromatic N) is 2. The molecule has 0 spiro atoms. The summed E-state index contributed by atoms with van der Waals surface area (Å²) in [6, 6.07) is 7.55. The first-order valence-electron chi connectivity index (χ1n) is 7.14. The Hall–Kier alpha value is -1.88. The molecule has 5 nitrogen and oxygen atoms in total. The van der Waals surface area contributed by atoms with Crippen molar-refractivity contribution in [3.8, 4) is 17.1 Å². The molecule has 1 atom stereocenters. The first-order chi connectivity index (χ1) is 9.90. The molecular formula is C16H22N2O3. The van der Waals surface area contributed by atoms with Crippen LogP contribution >= 0.6 is 0 Å². The van der Waals surface area contributed by atoms with E-state index in [1.54, 1.807) is 0 Å². The molecule has 0 saturated heterocycles. The minimum absolute atomic E-state index is 0.219. The van der Waals surface area contributed by atoms with Crippen molar-refractivity contribution in [2.24, 2.45) is 5.41 Å². The SMILES string of the molecule is CCOc1cccc(-c2noc(CC(O)C(C)(C)C)n2)c1. The topological polar surface area (TPSA) is 68.4 Å². The molecule has 1 aromatic carbocycles. The van der Waals surface area contributed by atoms with E-state index in [4.69, 9.17) is 9.26 Å². The lowest BCUT2D eigenvalue weighted by Gasteiger charge is -2.24. The summed E-state index contributed by atoms with van der Waals surface area (Å²) in [4.78, 5) is 4.34. The van der Waals surface area contributed by atoms with Crippen LogP contribution in [0.5, 0.6) is 5.75 Å². The summed E-state index contributed by atoms with van der Waals surface area (Å²) in [6.07, 6.45) is -0.178. The second kappa shape index (κ2) is 6.26. The predicted molar refractivity (Wildman–Crippen MR) is 80.1 cm³/mol. The highest BCUT2D eigenvalue weighted by Gasteiger charge is 2.24. The van der Waals surface area contributed by atoms with E-state index in [0.717, 1.165) is 11.3 Å². The van der Waals surface area contributed by atoms with Gasteiger partial charge in [-0.3, -0.25) is 0 Å². The van der Waals surface area contributed by atoms with Gasteiger partial charge >= 0.3 is 0 Å². The molecule has 0 saturated carbocycles. The van der Waals surface area contributed by atoms with Crippen LogP contribution in [-0.2, 0) is 6.42 Å². The van der Waals surface area contributed by atoms with Gasteiger partial charge < -0.3 is 14.4 Å². The Balaban J connectivity index is 2.14. The first-order valence-corrected chi connectivity index (χ1v) is 7.14. The minimum atomic E-state index is -0.527. The van der Waals surface area contributed by atoms with Crippen molar-refractivity contribution in [1.82, 2.24) is 10.1 Å². The summed E-state index contributed by atoms with van der Waals surface area (Å²) >= 11 is 0. The number of aromatic nitrogens is 2. The number of hydrogen-bond donors (Lipinski definition) is 1. The summed E-state index contributed by atoms with van der Waals surface area (Å²) < 4.78 is 10.7. The average Bonchev–Trinajstić information content (AvgIpc) is 2.87. The van der Waals surface area contributed by atoms with Crippen LogP contribution < -0.4 is 4.74 Å². The number of ether oxygens (including phenoxy) is 1. The molecule has 21 heavy (non-hydrogen) atoms. The molecule has 114 valence electrons. The van der Waals surface area contributed by atoms with E-state index in [2.05, 4.69) is 10.1 Å². The van der Waals surface area contributed by atoms with Crippen molar-refractivity contribution in [2.45, 2.75) is 40.2 Å². The molecular weight excluding hydrogens is 268 g/mol. The van der Waals surface area contributed by atoms with Crippen molar-refractivity contribution in [3.05, 3.63) is 30.2 Å². The van der Waals surface area contributed by atoms with E-state index in [9.17, 15) is 5.11 Å². The minimum Gasteiger partial charge on any atom is -0.494 e. The Kier molecular flexibility index (Phi) is 4.63. The summed E-state index contributed by atoms with van der Waals surface area (Å²) in [5.74, 6) is 1.72. The molecule has 0 fully saturated rings. The van der Waals surface area contributed by atoms with Gasteiger partial charge in [-0.25, -0.2) is 0 Å². The van der Waals surface area contributed by atoms with Gasteiger partial charge in [0, 0.05) is 5.56 Å². The van der Waals surface area contributed by atoms with Crippen LogP contribution in [0.2, 0.25) is 0 Å². The standard InChI is InChI=1S/C16H22N2O3/c1-5-20-12-8-6-7-11(9-12)15-17-14(21-18-15)10-13(19)16(2,3)4/h6-9,13,19H,5,10H2,1-4H3. The molecule has 1 unspecified atom stereocenters. The monoisotopic (exact) mass is 290 g/mol. The highest BCUT2D eigenvalue weighted by atomic mass is 16.5. The van der Waals surface area contributed by atoms with Crippen LogP contribution in [-0.4, -0.2) is 28.0 Å². The van der Waals surface area contributed by atoms with Crippen molar-refractivity contribution < 1.29 is 14.4 Å². The predicted octanol–water partition coefficient (Wildman–Crippen LogP) is 3.08. The second-order valence-corrected chi connectivity index (χ2v) is 6.06. The highest BCUT2D eigenvalue weighted by molar-refractivity contribution is 5.56. The lowest BCUT2D eigenvalue weighted by atomic mass is 9.87. The lowest BCUT2D eigenvalue weighted by Crippen LogP contribution is -2.28. The zero-order chi connectivity index (χ0) is 15.5. The smallest absolute Gasteiger partial charge is 0.229 e. The van der Waals surface area contributed by atoms with E-state index >= 15 is 0 Å². The van der Waals surface area contributed by atoms with Gasteiger partial charge in [0.25, 0.3) is 0 Å². The number of benzene rings is 1. The third-order valence-electron chi connectivity index (χ3n) is 3.24. The number of aliphatic hydroxyl groups is 1.